The monoisotopic (exact) mass is 271 g/mol. The Kier molecular flexibility index (Phi) is 4.45. The summed E-state index contributed by atoms with van der Waals surface area (Å²) in [4.78, 5) is 25.4. The number of carbonyl (C=O) groups is 2. The average Bonchev–Trinajstić information content (AvgIpc) is 2.58. The third kappa shape index (κ3) is 4.38. The molecule has 1 unspecified atom stereocenters. The molecule has 3 amide bonds. The quantitative estimate of drug-likeness (QED) is 0.697. The molecule has 0 saturated carbocycles. The highest BCUT2D eigenvalue weighted by atomic mass is 16.3. The van der Waals surface area contributed by atoms with Gasteiger partial charge in [-0.05, 0) is 34.6 Å². The fraction of sp³-hybridized carbons (Fsp3) is 0.846. The molecule has 1 atom stereocenters. The Hall–Kier alpha value is -1.30. The van der Waals surface area contributed by atoms with Crippen LogP contribution < -0.4 is 10.6 Å². The predicted octanol–water partition coefficient (Wildman–Crippen LogP) is 0.456. The first kappa shape index (κ1) is 15.8. The highest BCUT2D eigenvalue weighted by Crippen LogP contribution is 2.21. The Balaban J connectivity index is 2.53. The van der Waals surface area contributed by atoms with Gasteiger partial charge in [0.2, 0.25) is 5.91 Å². The van der Waals surface area contributed by atoms with Crippen molar-refractivity contribution >= 4 is 11.9 Å². The van der Waals surface area contributed by atoms with Crippen LogP contribution in [0.1, 0.15) is 41.0 Å². The zero-order valence-electron chi connectivity index (χ0n) is 12.4. The molecule has 19 heavy (non-hydrogen) atoms. The standard InChI is InChI=1S/C13H25N3O3/c1-12(2,3)16-7-9(6-10(16)18)14-11(19)15-13(4,5)8-17/h9,17H,6-8H2,1-5H3,(H2,14,15,19). The number of aliphatic hydroxyl groups is 1. The normalized spacial score (nSPS) is 20.6. The van der Waals surface area contributed by atoms with Crippen LogP contribution in [0.5, 0.6) is 0 Å². The van der Waals surface area contributed by atoms with Gasteiger partial charge in [0.25, 0.3) is 0 Å². The second-order valence-electron chi connectivity index (χ2n) is 6.72. The van der Waals surface area contributed by atoms with Gasteiger partial charge >= 0.3 is 6.03 Å². The van der Waals surface area contributed by atoms with Gasteiger partial charge < -0.3 is 20.6 Å². The number of hydrogen-bond acceptors (Lipinski definition) is 3. The second kappa shape index (κ2) is 5.36. The Bertz CT molecular complexity index is 361. The first-order valence-electron chi connectivity index (χ1n) is 6.55. The van der Waals surface area contributed by atoms with Crippen LogP contribution in [0.15, 0.2) is 0 Å². The van der Waals surface area contributed by atoms with E-state index in [0.717, 1.165) is 0 Å². The Morgan fingerprint density at radius 2 is 1.95 bits per heavy atom. The first-order valence-corrected chi connectivity index (χ1v) is 6.55. The number of aliphatic hydroxyl groups excluding tert-OH is 1. The van der Waals surface area contributed by atoms with E-state index in [4.69, 9.17) is 5.11 Å². The summed E-state index contributed by atoms with van der Waals surface area (Å²) in [5, 5.41) is 14.5. The summed E-state index contributed by atoms with van der Waals surface area (Å²) in [6, 6.07) is -0.533. The van der Waals surface area contributed by atoms with Crippen molar-refractivity contribution in [3.8, 4) is 0 Å². The van der Waals surface area contributed by atoms with Crippen molar-refractivity contribution in [1.29, 1.82) is 0 Å². The molecule has 0 aromatic rings. The van der Waals surface area contributed by atoms with Crippen molar-refractivity contribution in [3.05, 3.63) is 0 Å². The average molecular weight is 271 g/mol. The van der Waals surface area contributed by atoms with Crippen molar-refractivity contribution in [2.24, 2.45) is 0 Å². The lowest BCUT2D eigenvalue weighted by atomic mass is 10.1. The molecule has 0 radical (unpaired) electrons. The maximum absolute atomic E-state index is 11.9. The van der Waals surface area contributed by atoms with E-state index in [1.807, 2.05) is 20.8 Å². The van der Waals surface area contributed by atoms with E-state index in [-0.39, 0.29) is 30.1 Å². The molecule has 6 nitrogen and oxygen atoms in total. The molecule has 0 spiro atoms. The SMILES string of the molecule is CC(C)(CO)NC(=O)NC1CC(=O)N(C(C)(C)C)C1. The molecular weight excluding hydrogens is 246 g/mol. The van der Waals surface area contributed by atoms with Crippen LogP contribution >= 0.6 is 0 Å². The van der Waals surface area contributed by atoms with Gasteiger partial charge in [0.1, 0.15) is 0 Å². The Morgan fingerprint density at radius 1 is 1.37 bits per heavy atom. The molecule has 0 aromatic heterocycles. The Morgan fingerprint density at radius 3 is 2.37 bits per heavy atom. The maximum atomic E-state index is 11.9. The number of amides is 3. The van der Waals surface area contributed by atoms with Crippen molar-refractivity contribution in [2.45, 2.75) is 58.2 Å². The van der Waals surface area contributed by atoms with Gasteiger partial charge in [0.15, 0.2) is 0 Å². The summed E-state index contributed by atoms with van der Waals surface area (Å²) in [5.74, 6) is 0.0548. The van der Waals surface area contributed by atoms with Gasteiger partial charge in [-0.25, -0.2) is 4.79 Å². The fourth-order valence-corrected chi connectivity index (χ4v) is 2.02. The lowest BCUT2D eigenvalue weighted by molar-refractivity contribution is -0.131. The molecule has 0 aromatic carbocycles. The number of rotatable bonds is 3. The van der Waals surface area contributed by atoms with E-state index in [1.165, 1.54) is 0 Å². The van der Waals surface area contributed by atoms with Gasteiger partial charge in [-0.3, -0.25) is 4.79 Å². The zero-order valence-corrected chi connectivity index (χ0v) is 12.4. The molecule has 110 valence electrons. The molecular formula is C13H25N3O3. The maximum Gasteiger partial charge on any atom is 0.315 e. The molecule has 1 aliphatic rings. The number of hydrogen-bond donors (Lipinski definition) is 3. The predicted molar refractivity (Wildman–Crippen MR) is 72.7 cm³/mol. The highest BCUT2D eigenvalue weighted by molar-refractivity contribution is 5.82. The molecule has 6 heteroatoms. The molecule has 1 aliphatic heterocycles. The molecule has 0 aliphatic carbocycles. The van der Waals surface area contributed by atoms with E-state index < -0.39 is 5.54 Å². The third-order valence-corrected chi connectivity index (χ3v) is 3.12. The molecule has 1 rings (SSSR count). The van der Waals surface area contributed by atoms with Gasteiger partial charge in [0.05, 0.1) is 18.2 Å². The zero-order chi connectivity index (χ0) is 14.8. The van der Waals surface area contributed by atoms with E-state index in [0.29, 0.717) is 13.0 Å². The Labute approximate surface area is 114 Å². The number of nitrogens with one attached hydrogen (secondary N) is 2. The molecule has 3 N–H and O–H groups in total. The van der Waals surface area contributed by atoms with Crippen LogP contribution in [-0.4, -0.2) is 52.2 Å². The van der Waals surface area contributed by atoms with Crippen LogP contribution in [-0.2, 0) is 4.79 Å². The summed E-state index contributed by atoms with van der Waals surface area (Å²) in [6.45, 7) is 9.77. The van der Waals surface area contributed by atoms with Gasteiger partial charge in [-0.15, -0.1) is 0 Å². The lowest BCUT2D eigenvalue weighted by Gasteiger charge is -2.32. The van der Waals surface area contributed by atoms with E-state index in [2.05, 4.69) is 10.6 Å². The largest absolute Gasteiger partial charge is 0.394 e. The van der Waals surface area contributed by atoms with Crippen LogP contribution in [0.4, 0.5) is 4.79 Å². The van der Waals surface area contributed by atoms with Gasteiger partial charge in [-0.1, -0.05) is 0 Å². The summed E-state index contributed by atoms with van der Waals surface area (Å²) in [5.41, 5.74) is -0.898. The van der Waals surface area contributed by atoms with Crippen molar-refractivity contribution < 1.29 is 14.7 Å². The second-order valence-corrected chi connectivity index (χ2v) is 6.72. The molecule has 1 saturated heterocycles. The number of likely N-dealkylation sites (tertiary alicyclic amines) is 1. The number of urea groups is 1. The molecule has 1 heterocycles. The summed E-state index contributed by atoms with van der Waals surface area (Å²) in [6.07, 6.45) is 0.324. The van der Waals surface area contributed by atoms with Crippen molar-refractivity contribution in [3.63, 3.8) is 0 Å². The molecule has 0 bridgehead atoms. The number of carbonyl (C=O) groups excluding carboxylic acids is 2. The minimum absolute atomic E-state index is 0.0548. The topological polar surface area (TPSA) is 81.7 Å². The lowest BCUT2D eigenvalue weighted by Crippen LogP contribution is -2.53. The minimum atomic E-state index is -0.670. The smallest absolute Gasteiger partial charge is 0.315 e. The van der Waals surface area contributed by atoms with Crippen LogP contribution in [0.25, 0.3) is 0 Å². The van der Waals surface area contributed by atoms with Crippen LogP contribution in [0.2, 0.25) is 0 Å². The van der Waals surface area contributed by atoms with Crippen molar-refractivity contribution in [1.82, 2.24) is 15.5 Å². The summed E-state index contributed by atoms with van der Waals surface area (Å²) < 4.78 is 0. The van der Waals surface area contributed by atoms with Gasteiger partial charge in [-0.2, -0.15) is 0 Å². The highest BCUT2D eigenvalue weighted by Gasteiger charge is 2.37. The first-order chi connectivity index (χ1) is 8.55. The van der Waals surface area contributed by atoms with Gasteiger partial charge in [0, 0.05) is 18.5 Å². The van der Waals surface area contributed by atoms with E-state index >= 15 is 0 Å². The third-order valence-electron chi connectivity index (χ3n) is 3.12. The van der Waals surface area contributed by atoms with Crippen LogP contribution in [0.3, 0.4) is 0 Å². The summed E-state index contributed by atoms with van der Waals surface area (Å²) in [7, 11) is 0. The van der Waals surface area contributed by atoms with E-state index in [1.54, 1.807) is 18.7 Å². The summed E-state index contributed by atoms with van der Waals surface area (Å²) >= 11 is 0. The van der Waals surface area contributed by atoms with Crippen LogP contribution in [0, 0.1) is 0 Å². The molecule has 1 fully saturated rings. The van der Waals surface area contributed by atoms with Crippen molar-refractivity contribution in [2.75, 3.05) is 13.2 Å². The number of nitrogens with zero attached hydrogens (tertiary/aromatic N) is 1. The van der Waals surface area contributed by atoms with E-state index in [9.17, 15) is 9.59 Å². The minimum Gasteiger partial charge on any atom is -0.394 e. The fourth-order valence-electron chi connectivity index (χ4n) is 2.02.